The Bertz CT molecular complexity index is 1250. The summed E-state index contributed by atoms with van der Waals surface area (Å²) in [5.74, 6) is 1.02. The van der Waals surface area contributed by atoms with E-state index < -0.39 is 11.3 Å². The Kier molecular flexibility index (Phi) is 6.38. The number of benzene rings is 3. The van der Waals surface area contributed by atoms with Crippen LogP contribution in [0.5, 0.6) is 23.0 Å². The Hall–Kier alpha value is -3.77. The molecule has 0 spiro atoms. The molecular formula is C26H21ClO6. The van der Waals surface area contributed by atoms with Crippen LogP contribution >= 0.6 is 11.6 Å². The van der Waals surface area contributed by atoms with Crippen molar-refractivity contribution < 1.29 is 28.5 Å². The summed E-state index contributed by atoms with van der Waals surface area (Å²) in [6.07, 6.45) is 1.60. The molecule has 1 atom stereocenters. The minimum atomic E-state index is -0.961. The summed E-state index contributed by atoms with van der Waals surface area (Å²) in [6, 6.07) is 17.3. The van der Waals surface area contributed by atoms with Crippen LogP contribution in [0.1, 0.15) is 32.4 Å². The average molecular weight is 465 g/mol. The number of hydrogen-bond acceptors (Lipinski definition) is 6. The molecule has 1 unspecified atom stereocenters. The number of methoxy groups -OCH3 is 2. The number of fused-ring (bicyclic) bond motifs is 1. The number of allylic oxidation sites excluding steroid dienone is 1. The van der Waals surface area contributed by atoms with Crippen LogP contribution in [0.15, 0.2) is 66.4 Å². The third kappa shape index (κ3) is 4.43. The molecule has 7 heteroatoms. The predicted octanol–water partition coefficient (Wildman–Crippen LogP) is 5.51. The summed E-state index contributed by atoms with van der Waals surface area (Å²) in [5, 5.41) is -0.961. The van der Waals surface area contributed by atoms with Gasteiger partial charge in [0.25, 0.3) is 0 Å². The van der Waals surface area contributed by atoms with Crippen LogP contribution < -0.4 is 18.9 Å². The average Bonchev–Trinajstić information content (AvgIpc) is 3.16. The molecule has 0 N–H and O–H groups in total. The summed E-state index contributed by atoms with van der Waals surface area (Å²) < 4.78 is 22.0. The van der Waals surface area contributed by atoms with Crippen molar-refractivity contribution in [1.82, 2.24) is 0 Å². The summed E-state index contributed by atoms with van der Waals surface area (Å²) in [7, 11) is 3.10. The Morgan fingerprint density at radius 1 is 1.00 bits per heavy atom. The van der Waals surface area contributed by atoms with Gasteiger partial charge >= 0.3 is 5.97 Å². The zero-order valence-corrected chi connectivity index (χ0v) is 19.0. The lowest BCUT2D eigenvalue weighted by atomic mass is 10.1. The topological polar surface area (TPSA) is 71.1 Å². The van der Waals surface area contributed by atoms with Gasteiger partial charge in [-0.25, -0.2) is 4.79 Å². The molecule has 0 saturated heterocycles. The molecule has 1 aliphatic heterocycles. The lowest BCUT2D eigenvalue weighted by molar-refractivity contribution is -0.134. The molecule has 168 valence electrons. The lowest BCUT2D eigenvalue weighted by Gasteiger charge is -2.13. The third-order valence-corrected chi connectivity index (χ3v) is 5.70. The van der Waals surface area contributed by atoms with Gasteiger partial charge in [-0.05, 0) is 48.9 Å². The van der Waals surface area contributed by atoms with Gasteiger partial charge < -0.3 is 18.9 Å². The summed E-state index contributed by atoms with van der Waals surface area (Å²) in [4.78, 5) is 25.5. The number of halogens is 1. The third-order valence-electron chi connectivity index (χ3n) is 5.27. The number of ether oxygens (including phenoxy) is 4. The van der Waals surface area contributed by atoms with Crippen LogP contribution in [0.4, 0.5) is 0 Å². The molecule has 6 nitrogen and oxygen atoms in total. The van der Waals surface area contributed by atoms with Crippen molar-refractivity contribution in [3.63, 3.8) is 0 Å². The van der Waals surface area contributed by atoms with Crippen molar-refractivity contribution in [2.75, 3.05) is 14.2 Å². The van der Waals surface area contributed by atoms with Crippen LogP contribution in [0.25, 0.3) is 6.08 Å². The molecule has 0 fully saturated rings. The first-order valence-electron chi connectivity index (χ1n) is 10.1. The van der Waals surface area contributed by atoms with Gasteiger partial charge in [-0.3, -0.25) is 4.79 Å². The number of esters is 1. The second-order valence-electron chi connectivity index (χ2n) is 7.31. The van der Waals surface area contributed by atoms with E-state index in [1.165, 1.54) is 0 Å². The maximum Gasteiger partial charge on any atom is 0.334 e. The summed E-state index contributed by atoms with van der Waals surface area (Å²) >= 11 is 6.27. The first kappa shape index (κ1) is 22.4. The molecule has 1 heterocycles. The maximum absolute atomic E-state index is 12.9. The fourth-order valence-corrected chi connectivity index (χ4v) is 3.68. The van der Waals surface area contributed by atoms with Gasteiger partial charge in [-0.1, -0.05) is 30.3 Å². The van der Waals surface area contributed by atoms with Gasteiger partial charge in [0.15, 0.2) is 11.1 Å². The quantitative estimate of drug-likeness (QED) is 0.207. The number of Topliss-reactive ketones (excluding diaryl/α,β-unsaturated/α-hetero) is 1. The molecule has 4 rings (SSSR count). The van der Waals surface area contributed by atoms with Gasteiger partial charge in [0.2, 0.25) is 5.78 Å². The monoisotopic (exact) mass is 464 g/mol. The van der Waals surface area contributed by atoms with E-state index in [1.807, 2.05) is 6.07 Å². The molecule has 0 bridgehead atoms. The highest BCUT2D eigenvalue weighted by Gasteiger charge is 2.31. The molecule has 0 radical (unpaired) electrons. The number of ketones is 1. The number of carbonyl (C=O) groups excluding carboxylic acids is 2. The van der Waals surface area contributed by atoms with Crippen LogP contribution in [-0.2, 0) is 4.79 Å². The zero-order chi connectivity index (χ0) is 23.5. The van der Waals surface area contributed by atoms with Crippen molar-refractivity contribution in [2.45, 2.75) is 12.3 Å². The summed E-state index contributed by atoms with van der Waals surface area (Å²) in [5.41, 5.74) is 2.16. The first-order valence-corrected chi connectivity index (χ1v) is 10.6. The second kappa shape index (κ2) is 9.38. The van der Waals surface area contributed by atoms with E-state index in [-0.39, 0.29) is 17.3 Å². The number of alkyl halides is 1. The Balaban J connectivity index is 1.61. The van der Waals surface area contributed by atoms with Crippen LogP contribution in [0.3, 0.4) is 0 Å². The highest BCUT2D eigenvalue weighted by Crippen LogP contribution is 2.40. The zero-order valence-electron chi connectivity index (χ0n) is 18.3. The van der Waals surface area contributed by atoms with Crippen LogP contribution in [-0.4, -0.2) is 26.0 Å². The lowest BCUT2D eigenvalue weighted by Crippen LogP contribution is -2.15. The number of rotatable bonds is 6. The van der Waals surface area contributed by atoms with Gasteiger partial charge in [-0.15, -0.1) is 11.6 Å². The van der Waals surface area contributed by atoms with E-state index in [9.17, 15) is 9.59 Å². The Morgan fingerprint density at radius 3 is 2.42 bits per heavy atom. The fraction of sp³-hybridized carbons (Fsp3) is 0.154. The van der Waals surface area contributed by atoms with Crippen molar-refractivity contribution in [2.24, 2.45) is 0 Å². The van der Waals surface area contributed by atoms with Gasteiger partial charge in [0.05, 0.1) is 19.8 Å². The molecular weight excluding hydrogens is 444 g/mol. The van der Waals surface area contributed by atoms with E-state index in [2.05, 4.69) is 0 Å². The maximum atomic E-state index is 12.9. The largest absolute Gasteiger partial charge is 0.497 e. The minimum Gasteiger partial charge on any atom is -0.497 e. The Morgan fingerprint density at radius 2 is 1.73 bits per heavy atom. The number of carbonyl (C=O) groups is 2. The first-order chi connectivity index (χ1) is 15.9. The minimum absolute atomic E-state index is 0.127. The molecule has 0 aromatic heterocycles. The van der Waals surface area contributed by atoms with Crippen molar-refractivity contribution in [3.8, 4) is 23.0 Å². The van der Waals surface area contributed by atoms with Gasteiger partial charge in [0.1, 0.15) is 23.0 Å². The SMILES string of the molecule is COc1ccc(OC)c(/C=C2\Oc3c(ccc(OC(=O)C(Cl)c4ccccc4)c3C)C2=O)c1. The van der Waals surface area contributed by atoms with E-state index in [0.717, 1.165) is 0 Å². The highest BCUT2D eigenvalue weighted by molar-refractivity contribution is 6.30. The molecule has 0 saturated carbocycles. The second-order valence-corrected chi connectivity index (χ2v) is 7.74. The number of hydrogen-bond donors (Lipinski definition) is 0. The normalized spacial score (nSPS) is 14.4. The molecule has 0 aliphatic carbocycles. The van der Waals surface area contributed by atoms with Gasteiger partial charge in [0, 0.05) is 11.1 Å². The van der Waals surface area contributed by atoms with E-state index in [4.69, 9.17) is 30.5 Å². The van der Waals surface area contributed by atoms with Crippen molar-refractivity contribution in [1.29, 1.82) is 0 Å². The van der Waals surface area contributed by atoms with Crippen LogP contribution in [0.2, 0.25) is 0 Å². The van der Waals surface area contributed by atoms with E-state index in [1.54, 1.807) is 81.8 Å². The highest BCUT2D eigenvalue weighted by atomic mass is 35.5. The molecule has 3 aromatic rings. The summed E-state index contributed by atoms with van der Waals surface area (Å²) in [6.45, 7) is 1.72. The fourth-order valence-electron chi connectivity index (χ4n) is 3.49. The molecule has 0 amide bonds. The Labute approximate surface area is 196 Å². The van der Waals surface area contributed by atoms with Crippen molar-refractivity contribution in [3.05, 3.63) is 88.7 Å². The molecule has 3 aromatic carbocycles. The molecule has 1 aliphatic rings. The standard InChI is InChI=1S/C26H21ClO6/c1-15-20(33-26(29)23(27)16-7-5-4-6-8-16)12-10-19-24(28)22(32-25(15)19)14-17-13-18(30-2)9-11-21(17)31-3/h4-14,23H,1-3H3/b22-14-. The van der Waals surface area contributed by atoms with Crippen molar-refractivity contribution >= 4 is 29.4 Å². The van der Waals surface area contributed by atoms with E-state index >= 15 is 0 Å². The smallest absolute Gasteiger partial charge is 0.334 e. The van der Waals surface area contributed by atoms with Crippen LogP contribution in [0, 0.1) is 6.92 Å². The van der Waals surface area contributed by atoms with E-state index in [0.29, 0.717) is 39.5 Å². The molecule has 33 heavy (non-hydrogen) atoms. The van der Waals surface area contributed by atoms with Gasteiger partial charge in [-0.2, -0.15) is 0 Å². The predicted molar refractivity (Wildman–Crippen MR) is 124 cm³/mol.